The van der Waals surface area contributed by atoms with Crippen LogP contribution >= 0.6 is 23.2 Å². The highest BCUT2D eigenvalue weighted by Crippen LogP contribution is 2.22. The molecule has 0 unspecified atom stereocenters. The minimum absolute atomic E-state index is 0.0488. The topological polar surface area (TPSA) is 84.5 Å². The second kappa shape index (κ2) is 10.0. The highest BCUT2D eigenvalue weighted by atomic mass is 35.5. The van der Waals surface area contributed by atoms with Gasteiger partial charge in [0.15, 0.2) is 6.10 Å². The van der Waals surface area contributed by atoms with Crippen LogP contribution in [0.5, 0.6) is 5.75 Å². The second-order valence-corrected chi connectivity index (χ2v) is 9.16. The molecule has 1 amide bonds. The lowest BCUT2D eigenvalue weighted by molar-refractivity contribution is -0.122. The summed E-state index contributed by atoms with van der Waals surface area (Å²) < 4.78 is 33.3. The molecule has 0 heterocycles. The number of amides is 1. The fourth-order valence-corrected chi connectivity index (χ4v) is 4.15. The molecule has 0 spiro atoms. The smallest absolute Gasteiger partial charge is 0.265 e. The van der Waals surface area contributed by atoms with E-state index in [1.807, 2.05) is 6.92 Å². The Morgan fingerprint density at radius 1 is 0.935 bits per heavy atom. The molecule has 162 valence electrons. The van der Waals surface area contributed by atoms with Gasteiger partial charge in [0.25, 0.3) is 15.9 Å². The maximum Gasteiger partial charge on any atom is 0.265 e. The van der Waals surface area contributed by atoms with Crippen LogP contribution in [0.15, 0.2) is 77.7 Å². The SMILES string of the molecule is CC[C@@H](Oc1cccc(Cl)c1)C(=O)Nc1ccc(S(=O)(=O)Nc2cccc(Cl)c2)cc1. The van der Waals surface area contributed by atoms with Gasteiger partial charge in [-0.3, -0.25) is 9.52 Å². The molecule has 0 saturated heterocycles. The number of halogens is 2. The summed E-state index contributed by atoms with van der Waals surface area (Å²) in [5.41, 5.74) is 0.800. The molecule has 0 fully saturated rings. The summed E-state index contributed by atoms with van der Waals surface area (Å²) in [5.74, 6) is 0.137. The molecule has 0 radical (unpaired) electrons. The summed E-state index contributed by atoms with van der Waals surface area (Å²) in [4.78, 5) is 12.6. The van der Waals surface area contributed by atoms with E-state index < -0.39 is 16.1 Å². The van der Waals surface area contributed by atoms with Crippen molar-refractivity contribution in [2.75, 3.05) is 10.0 Å². The predicted octanol–water partition coefficient (Wildman–Crippen LogP) is 5.59. The van der Waals surface area contributed by atoms with Crippen molar-refractivity contribution in [2.45, 2.75) is 24.3 Å². The van der Waals surface area contributed by atoms with Crippen LogP contribution in [-0.2, 0) is 14.8 Å². The molecule has 1 atom stereocenters. The second-order valence-electron chi connectivity index (χ2n) is 6.60. The van der Waals surface area contributed by atoms with Crippen molar-refractivity contribution in [3.63, 3.8) is 0 Å². The molecule has 3 rings (SSSR count). The molecule has 3 aromatic carbocycles. The van der Waals surface area contributed by atoms with E-state index in [0.29, 0.717) is 33.6 Å². The zero-order chi connectivity index (χ0) is 22.4. The third-order valence-corrected chi connectivity index (χ3v) is 6.11. The first-order valence-corrected chi connectivity index (χ1v) is 11.6. The summed E-state index contributed by atoms with van der Waals surface area (Å²) in [6.07, 6.45) is -0.291. The van der Waals surface area contributed by atoms with E-state index in [9.17, 15) is 13.2 Å². The molecule has 0 aromatic heterocycles. The number of carbonyl (C=O) groups excluding carboxylic acids is 1. The summed E-state index contributed by atoms with van der Waals surface area (Å²) in [5, 5.41) is 3.66. The highest BCUT2D eigenvalue weighted by Gasteiger charge is 2.20. The minimum atomic E-state index is -3.80. The molecule has 3 aromatic rings. The van der Waals surface area contributed by atoms with Crippen LogP contribution < -0.4 is 14.8 Å². The molecule has 0 aliphatic rings. The van der Waals surface area contributed by atoms with Crippen LogP contribution in [-0.4, -0.2) is 20.4 Å². The van der Waals surface area contributed by atoms with Crippen LogP contribution in [0.3, 0.4) is 0 Å². The van der Waals surface area contributed by atoms with E-state index in [0.717, 1.165) is 0 Å². The molecule has 9 heteroatoms. The van der Waals surface area contributed by atoms with E-state index in [1.165, 1.54) is 30.3 Å². The number of carbonyl (C=O) groups is 1. The van der Waals surface area contributed by atoms with Crippen molar-refractivity contribution < 1.29 is 17.9 Å². The van der Waals surface area contributed by atoms with Crippen molar-refractivity contribution in [3.8, 4) is 5.75 Å². The van der Waals surface area contributed by atoms with Gasteiger partial charge < -0.3 is 10.1 Å². The minimum Gasteiger partial charge on any atom is -0.481 e. The monoisotopic (exact) mass is 478 g/mol. The van der Waals surface area contributed by atoms with Gasteiger partial charge in [0.05, 0.1) is 10.6 Å². The van der Waals surface area contributed by atoms with Gasteiger partial charge in [-0.2, -0.15) is 0 Å². The molecule has 0 aliphatic carbocycles. The Balaban J connectivity index is 1.67. The summed E-state index contributed by atoms with van der Waals surface area (Å²) in [6, 6.07) is 19.0. The number of benzene rings is 3. The van der Waals surface area contributed by atoms with Gasteiger partial charge in [-0.15, -0.1) is 0 Å². The third-order valence-electron chi connectivity index (χ3n) is 4.25. The van der Waals surface area contributed by atoms with Crippen LogP contribution in [0.1, 0.15) is 13.3 Å². The molecule has 0 bridgehead atoms. The van der Waals surface area contributed by atoms with Crippen LogP contribution in [0, 0.1) is 0 Å². The molecule has 0 saturated carbocycles. The first-order chi connectivity index (χ1) is 14.8. The summed E-state index contributed by atoms with van der Waals surface area (Å²) >= 11 is 11.8. The van der Waals surface area contributed by atoms with Gasteiger partial charge in [0, 0.05) is 15.7 Å². The van der Waals surface area contributed by atoms with Crippen molar-refractivity contribution in [2.24, 2.45) is 0 Å². The van der Waals surface area contributed by atoms with Crippen molar-refractivity contribution in [1.29, 1.82) is 0 Å². The van der Waals surface area contributed by atoms with Gasteiger partial charge in [-0.1, -0.05) is 42.3 Å². The van der Waals surface area contributed by atoms with Gasteiger partial charge in [0.1, 0.15) is 5.75 Å². The molecule has 0 aliphatic heterocycles. The van der Waals surface area contributed by atoms with Crippen LogP contribution in [0.25, 0.3) is 0 Å². The van der Waals surface area contributed by atoms with Gasteiger partial charge in [-0.25, -0.2) is 8.42 Å². The van der Waals surface area contributed by atoms with Crippen molar-refractivity contribution >= 4 is 50.5 Å². The lowest BCUT2D eigenvalue weighted by atomic mass is 10.2. The predicted molar refractivity (Wildman–Crippen MR) is 123 cm³/mol. The lowest BCUT2D eigenvalue weighted by Crippen LogP contribution is -2.32. The molecule has 6 nitrogen and oxygen atoms in total. The van der Waals surface area contributed by atoms with Crippen LogP contribution in [0.2, 0.25) is 10.0 Å². The molecular weight excluding hydrogens is 459 g/mol. The molecule has 31 heavy (non-hydrogen) atoms. The number of anilines is 2. The fourth-order valence-electron chi connectivity index (χ4n) is 2.73. The number of sulfonamides is 1. The Bertz CT molecular complexity index is 1170. The number of hydrogen-bond donors (Lipinski definition) is 2. The van der Waals surface area contributed by atoms with Crippen LogP contribution in [0.4, 0.5) is 11.4 Å². The normalized spacial score (nSPS) is 12.1. The fraction of sp³-hybridized carbons (Fsp3) is 0.136. The Kier molecular flexibility index (Phi) is 7.43. The lowest BCUT2D eigenvalue weighted by Gasteiger charge is -2.17. The van der Waals surface area contributed by atoms with Gasteiger partial charge in [-0.05, 0) is 67.1 Å². The Morgan fingerprint density at radius 3 is 2.19 bits per heavy atom. The number of hydrogen-bond acceptors (Lipinski definition) is 4. The third kappa shape index (κ3) is 6.37. The highest BCUT2D eigenvalue weighted by molar-refractivity contribution is 7.92. The Hall–Kier alpha value is -2.74. The first kappa shape index (κ1) is 22.9. The maximum atomic E-state index is 12.6. The molecular formula is C22H20Cl2N2O4S. The first-order valence-electron chi connectivity index (χ1n) is 9.38. The maximum absolute atomic E-state index is 12.6. The van der Waals surface area contributed by atoms with E-state index in [2.05, 4.69) is 10.0 Å². The zero-order valence-corrected chi connectivity index (χ0v) is 18.8. The largest absolute Gasteiger partial charge is 0.481 e. The van der Waals surface area contributed by atoms with Crippen molar-refractivity contribution in [3.05, 3.63) is 82.8 Å². The quantitative estimate of drug-likeness (QED) is 0.441. The van der Waals surface area contributed by atoms with Gasteiger partial charge >= 0.3 is 0 Å². The van der Waals surface area contributed by atoms with E-state index in [1.54, 1.807) is 42.5 Å². The van der Waals surface area contributed by atoms with E-state index in [4.69, 9.17) is 27.9 Å². The standard InChI is InChI=1S/C22H20Cl2N2O4S/c1-2-21(30-19-8-4-6-16(24)14-19)22(27)25-17-9-11-20(12-10-17)31(28,29)26-18-7-3-5-15(23)13-18/h3-14,21,26H,2H2,1H3,(H,25,27)/t21-/m1/s1. The molecule has 2 N–H and O–H groups in total. The number of nitrogens with one attached hydrogen (secondary N) is 2. The summed E-state index contributed by atoms with van der Waals surface area (Å²) in [7, 11) is -3.80. The average molecular weight is 479 g/mol. The van der Waals surface area contributed by atoms with Crippen molar-refractivity contribution in [1.82, 2.24) is 0 Å². The van der Waals surface area contributed by atoms with E-state index in [-0.39, 0.29) is 10.8 Å². The summed E-state index contributed by atoms with van der Waals surface area (Å²) in [6.45, 7) is 1.83. The Morgan fingerprint density at radius 2 is 1.58 bits per heavy atom. The van der Waals surface area contributed by atoms with Gasteiger partial charge in [0.2, 0.25) is 0 Å². The van der Waals surface area contributed by atoms with E-state index >= 15 is 0 Å². The number of rotatable bonds is 8. The number of ether oxygens (including phenoxy) is 1. The zero-order valence-electron chi connectivity index (χ0n) is 16.5. The Labute approximate surface area is 191 Å². The average Bonchev–Trinajstić information content (AvgIpc) is 2.72.